The Kier molecular flexibility index (Phi) is 5.46. The number of benzene rings is 1. The van der Waals surface area contributed by atoms with Gasteiger partial charge in [-0.25, -0.2) is 0 Å². The van der Waals surface area contributed by atoms with Gasteiger partial charge in [0.25, 0.3) is 5.69 Å². The lowest BCUT2D eigenvalue weighted by Gasteiger charge is -2.37. The summed E-state index contributed by atoms with van der Waals surface area (Å²) in [6.45, 7) is 2.78. The monoisotopic (exact) mass is 434 g/mol. The zero-order chi connectivity index (χ0) is 22.1. The number of piperidine rings is 2. The van der Waals surface area contributed by atoms with Crippen molar-refractivity contribution >= 4 is 22.9 Å². The summed E-state index contributed by atoms with van der Waals surface area (Å²) in [5, 5.41) is 20.0. The van der Waals surface area contributed by atoms with Crippen LogP contribution in [0.2, 0.25) is 0 Å². The van der Waals surface area contributed by atoms with Gasteiger partial charge in [-0.2, -0.15) is 0 Å². The van der Waals surface area contributed by atoms with Crippen LogP contribution < -0.4 is 4.90 Å². The highest BCUT2D eigenvalue weighted by molar-refractivity contribution is 5.79. The quantitative estimate of drug-likeness (QED) is 0.462. The van der Waals surface area contributed by atoms with E-state index in [0.29, 0.717) is 24.7 Å². The number of pyridine rings is 1. The SMILES string of the molecule is O=C(C1CCN(c2ccccc2[N+](=O)[O-])CC1)N1CCC(c2nnc3ccccn23)CC1. The average Bonchev–Trinajstić information content (AvgIpc) is 3.28. The molecule has 1 aromatic carbocycles. The normalized spacial score (nSPS) is 18.2. The lowest BCUT2D eigenvalue weighted by Crippen LogP contribution is -2.45. The Bertz CT molecular complexity index is 1130. The van der Waals surface area contributed by atoms with Gasteiger partial charge in [0.1, 0.15) is 11.5 Å². The number of hydrogen-bond donors (Lipinski definition) is 0. The molecular formula is C23H26N6O3. The highest BCUT2D eigenvalue weighted by Gasteiger charge is 2.33. The molecule has 0 atom stereocenters. The van der Waals surface area contributed by atoms with Gasteiger partial charge in [-0.05, 0) is 43.9 Å². The number of fused-ring (bicyclic) bond motifs is 1. The summed E-state index contributed by atoms with van der Waals surface area (Å²) < 4.78 is 2.04. The maximum Gasteiger partial charge on any atom is 0.292 e. The number of anilines is 1. The van der Waals surface area contributed by atoms with Gasteiger partial charge in [-0.15, -0.1) is 10.2 Å². The second-order valence-electron chi connectivity index (χ2n) is 8.59. The number of nitro benzene ring substituents is 1. The molecule has 2 aromatic heterocycles. The number of hydrogen-bond acceptors (Lipinski definition) is 6. The van der Waals surface area contributed by atoms with Crippen molar-refractivity contribution in [3.05, 3.63) is 64.6 Å². The summed E-state index contributed by atoms with van der Waals surface area (Å²) in [4.78, 5) is 28.2. The minimum atomic E-state index is -0.338. The molecule has 4 heterocycles. The first-order valence-electron chi connectivity index (χ1n) is 11.2. The van der Waals surface area contributed by atoms with Crippen molar-refractivity contribution in [1.82, 2.24) is 19.5 Å². The van der Waals surface area contributed by atoms with E-state index in [4.69, 9.17) is 0 Å². The molecule has 0 N–H and O–H groups in total. The molecule has 9 heteroatoms. The molecule has 0 radical (unpaired) electrons. The third-order valence-electron chi connectivity index (χ3n) is 6.78. The molecule has 0 unspecified atom stereocenters. The highest BCUT2D eigenvalue weighted by atomic mass is 16.6. The molecular weight excluding hydrogens is 408 g/mol. The number of amides is 1. The number of likely N-dealkylation sites (tertiary alicyclic amines) is 1. The van der Waals surface area contributed by atoms with Gasteiger partial charge >= 0.3 is 0 Å². The van der Waals surface area contributed by atoms with Crippen molar-refractivity contribution in [2.45, 2.75) is 31.6 Å². The van der Waals surface area contributed by atoms with Crippen LogP contribution in [0.1, 0.15) is 37.4 Å². The maximum atomic E-state index is 13.1. The Labute approximate surface area is 185 Å². The second-order valence-corrected chi connectivity index (χ2v) is 8.59. The summed E-state index contributed by atoms with van der Waals surface area (Å²) in [6.07, 6.45) is 5.21. The number of aromatic nitrogens is 3. The molecule has 1 amide bonds. The van der Waals surface area contributed by atoms with Crippen LogP contribution in [0, 0.1) is 16.0 Å². The molecule has 32 heavy (non-hydrogen) atoms. The lowest BCUT2D eigenvalue weighted by molar-refractivity contribution is -0.384. The third kappa shape index (κ3) is 3.79. The molecule has 5 rings (SSSR count). The minimum Gasteiger partial charge on any atom is -0.366 e. The van der Waals surface area contributed by atoms with Gasteiger partial charge in [0.2, 0.25) is 5.91 Å². The van der Waals surface area contributed by atoms with Crippen molar-refractivity contribution in [2.24, 2.45) is 5.92 Å². The summed E-state index contributed by atoms with van der Waals surface area (Å²) in [7, 11) is 0. The lowest BCUT2D eigenvalue weighted by atomic mass is 9.91. The van der Waals surface area contributed by atoms with Crippen molar-refractivity contribution in [1.29, 1.82) is 0 Å². The van der Waals surface area contributed by atoms with Crippen LogP contribution in [0.5, 0.6) is 0 Å². The van der Waals surface area contributed by atoms with Gasteiger partial charge in [-0.1, -0.05) is 18.2 Å². The Morgan fingerprint density at radius 1 is 0.938 bits per heavy atom. The third-order valence-corrected chi connectivity index (χ3v) is 6.78. The highest BCUT2D eigenvalue weighted by Crippen LogP contribution is 2.33. The van der Waals surface area contributed by atoms with Crippen molar-refractivity contribution in [3.8, 4) is 0 Å². The van der Waals surface area contributed by atoms with Crippen LogP contribution in [-0.2, 0) is 4.79 Å². The van der Waals surface area contributed by atoms with Crippen molar-refractivity contribution in [2.75, 3.05) is 31.1 Å². The van der Waals surface area contributed by atoms with E-state index in [1.807, 2.05) is 44.7 Å². The van der Waals surface area contributed by atoms with Crippen molar-refractivity contribution < 1.29 is 9.72 Å². The van der Waals surface area contributed by atoms with E-state index in [0.717, 1.165) is 50.2 Å². The Balaban J connectivity index is 1.18. The van der Waals surface area contributed by atoms with Gasteiger partial charge in [0, 0.05) is 50.3 Å². The van der Waals surface area contributed by atoms with Crippen LogP contribution in [-0.4, -0.2) is 56.5 Å². The predicted molar refractivity (Wildman–Crippen MR) is 120 cm³/mol. The molecule has 2 fully saturated rings. The van der Waals surface area contributed by atoms with Gasteiger partial charge in [-0.3, -0.25) is 19.3 Å². The molecule has 0 saturated carbocycles. The number of carbonyl (C=O) groups is 1. The summed E-state index contributed by atoms with van der Waals surface area (Å²) >= 11 is 0. The van der Waals surface area contributed by atoms with Gasteiger partial charge in [0.15, 0.2) is 5.65 Å². The van der Waals surface area contributed by atoms with E-state index in [1.54, 1.807) is 12.1 Å². The minimum absolute atomic E-state index is 0.0144. The Hall–Kier alpha value is -3.49. The van der Waals surface area contributed by atoms with E-state index in [1.165, 1.54) is 6.07 Å². The van der Waals surface area contributed by atoms with Gasteiger partial charge in [0.05, 0.1) is 4.92 Å². The maximum absolute atomic E-state index is 13.1. The zero-order valence-corrected chi connectivity index (χ0v) is 17.8. The number of rotatable bonds is 4. The predicted octanol–water partition coefficient (Wildman–Crippen LogP) is 3.26. The van der Waals surface area contributed by atoms with E-state index < -0.39 is 0 Å². The summed E-state index contributed by atoms with van der Waals surface area (Å²) in [6, 6.07) is 12.7. The molecule has 9 nitrogen and oxygen atoms in total. The van der Waals surface area contributed by atoms with Crippen LogP contribution in [0.3, 0.4) is 0 Å². The average molecular weight is 435 g/mol. The number of nitrogens with zero attached hydrogens (tertiary/aromatic N) is 6. The molecule has 2 saturated heterocycles. The summed E-state index contributed by atoms with van der Waals surface area (Å²) in [5.41, 5.74) is 1.62. The topological polar surface area (TPSA) is 96.9 Å². The molecule has 166 valence electrons. The number of nitro groups is 1. The summed E-state index contributed by atoms with van der Waals surface area (Å²) in [5.74, 6) is 1.48. The molecule has 2 aliphatic rings. The fourth-order valence-corrected chi connectivity index (χ4v) is 5.01. The van der Waals surface area contributed by atoms with E-state index in [9.17, 15) is 14.9 Å². The first-order chi connectivity index (χ1) is 15.6. The van der Waals surface area contributed by atoms with Crippen LogP contribution in [0.25, 0.3) is 5.65 Å². The van der Waals surface area contributed by atoms with E-state index in [-0.39, 0.29) is 22.4 Å². The smallest absolute Gasteiger partial charge is 0.292 e. The largest absolute Gasteiger partial charge is 0.366 e. The van der Waals surface area contributed by atoms with Crippen LogP contribution >= 0.6 is 0 Å². The van der Waals surface area contributed by atoms with E-state index in [2.05, 4.69) is 10.2 Å². The van der Waals surface area contributed by atoms with Crippen LogP contribution in [0.15, 0.2) is 48.7 Å². The van der Waals surface area contributed by atoms with E-state index >= 15 is 0 Å². The number of carbonyl (C=O) groups excluding carboxylic acids is 1. The fraction of sp³-hybridized carbons (Fsp3) is 0.435. The zero-order valence-electron chi connectivity index (χ0n) is 17.8. The molecule has 2 aliphatic heterocycles. The second kappa shape index (κ2) is 8.57. The first-order valence-corrected chi connectivity index (χ1v) is 11.2. The van der Waals surface area contributed by atoms with Crippen molar-refractivity contribution in [3.63, 3.8) is 0 Å². The Morgan fingerprint density at radius 2 is 1.66 bits per heavy atom. The molecule has 0 aliphatic carbocycles. The molecule has 3 aromatic rings. The van der Waals surface area contributed by atoms with Crippen LogP contribution in [0.4, 0.5) is 11.4 Å². The molecule has 0 bridgehead atoms. The fourth-order valence-electron chi connectivity index (χ4n) is 5.01. The standard InChI is InChI=1S/C23H26N6O3/c30-23(18-10-13-26(14-11-18)19-5-1-2-6-20(19)29(31)32)27-15-8-17(9-16-27)22-25-24-21-7-3-4-12-28(21)22/h1-7,12,17-18H,8-11,13-16H2. The first kappa shape index (κ1) is 20.4. The molecule has 0 spiro atoms. The Morgan fingerprint density at radius 3 is 2.41 bits per heavy atom. The number of para-hydroxylation sites is 2. The van der Waals surface area contributed by atoms with Gasteiger partial charge < -0.3 is 9.80 Å².